The smallest absolute Gasteiger partial charge is 0.271 e. The van der Waals surface area contributed by atoms with Crippen LogP contribution >= 0.6 is 0 Å². The highest BCUT2D eigenvalue weighted by Crippen LogP contribution is 2.47. The number of H-pyrrole nitrogens is 1. The lowest BCUT2D eigenvalue weighted by Crippen LogP contribution is -2.39. The van der Waals surface area contributed by atoms with Crippen LogP contribution in [-0.4, -0.2) is 31.7 Å². The molecular formula is C22H24N4O3. The minimum absolute atomic E-state index is 0.0426. The number of aromatic amines is 1. The fourth-order valence-electron chi connectivity index (χ4n) is 4.39. The Morgan fingerprint density at radius 2 is 2.07 bits per heavy atom. The van der Waals surface area contributed by atoms with Crippen molar-refractivity contribution in [1.82, 2.24) is 19.9 Å². The van der Waals surface area contributed by atoms with Crippen molar-refractivity contribution in [3.8, 4) is 11.1 Å². The summed E-state index contributed by atoms with van der Waals surface area (Å²) in [5, 5.41) is 16.3. The van der Waals surface area contributed by atoms with Crippen molar-refractivity contribution < 1.29 is 9.90 Å². The van der Waals surface area contributed by atoms with Gasteiger partial charge in [0.05, 0.1) is 6.10 Å². The van der Waals surface area contributed by atoms with Crippen LogP contribution in [0.2, 0.25) is 0 Å². The first-order valence-corrected chi connectivity index (χ1v) is 10.1. The number of nitrogens with one attached hydrogen (secondary N) is 2. The summed E-state index contributed by atoms with van der Waals surface area (Å²) < 4.78 is 1.43. The van der Waals surface area contributed by atoms with E-state index in [1.54, 1.807) is 6.07 Å². The number of rotatable bonds is 4. The molecule has 150 valence electrons. The summed E-state index contributed by atoms with van der Waals surface area (Å²) in [6, 6.07) is 9.23. The lowest BCUT2D eigenvalue weighted by atomic mass is 9.97. The summed E-state index contributed by atoms with van der Waals surface area (Å²) in [6.07, 6.45) is 2.46. The molecule has 1 atom stereocenters. The van der Waals surface area contributed by atoms with Crippen molar-refractivity contribution in [3.05, 3.63) is 57.6 Å². The summed E-state index contributed by atoms with van der Waals surface area (Å²) >= 11 is 0. The largest absolute Gasteiger partial charge is 0.388 e. The maximum Gasteiger partial charge on any atom is 0.271 e. The zero-order valence-electron chi connectivity index (χ0n) is 16.5. The van der Waals surface area contributed by atoms with E-state index in [1.807, 2.05) is 32.0 Å². The molecule has 3 N–H and O–H groups in total. The van der Waals surface area contributed by atoms with Crippen LogP contribution in [0.3, 0.4) is 0 Å². The molecule has 0 spiro atoms. The number of carbonyl (C=O) groups excluding carboxylic acids is 1. The number of fused-ring (bicyclic) bond motifs is 2. The Morgan fingerprint density at radius 3 is 2.79 bits per heavy atom. The third-order valence-electron chi connectivity index (χ3n) is 6.09. The van der Waals surface area contributed by atoms with Crippen LogP contribution in [0.4, 0.5) is 0 Å². The second-order valence-electron chi connectivity index (χ2n) is 8.45. The van der Waals surface area contributed by atoms with Gasteiger partial charge in [-0.3, -0.25) is 14.7 Å². The quantitative estimate of drug-likeness (QED) is 0.634. The molecular weight excluding hydrogens is 368 g/mol. The lowest BCUT2D eigenvalue weighted by molar-refractivity contribution is -0.124. The third-order valence-corrected chi connectivity index (χ3v) is 6.09. The number of amides is 1. The Hall–Kier alpha value is -2.93. The molecule has 2 heterocycles. The molecule has 7 nitrogen and oxygen atoms in total. The van der Waals surface area contributed by atoms with Gasteiger partial charge in [0.1, 0.15) is 11.2 Å². The van der Waals surface area contributed by atoms with Gasteiger partial charge < -0.3 is 10.4 Å². The van der Waals surface area contributed by atoms with Crippen molar-refractivity contribution in [3.63, 3.8) is 0 Å². The SMILES string of the molecule is CC(C)NC(=O)C1(c2nc3c(-c4cccc5c4CCC5O)ccc(=O)n3[nH]2)CC1. The molecule has 1 aromatic carbocycles. The minimum Gasteiger partial charge on any atom is -0.388 e. The number of hydrogen-bond acceptors (Lipinski definition) is 4. The van der Waals surface area contributed by atoms with Gasteiger partial charge in [0.25, 0.3) is 5.56 Å². The lowest BCUT2D eigenvalue weighted by Gasteiger charge is -2.14. The topological polar surface area (TPSA) is 99.5 Å². The first kappa shape index (κ1) is 18.1. The monoisotopic (exact) mass is 392 g/mol. The number of benzene rings is 1. The number of aliphatic hydroxyl groups is 1. The first-order chi connectivity index (χ1) is 13.9. The maximum absolute atomic E-state index is 12.8. The molecule has 1 amide bonds. The first-order valence-electron chi connectivity index (χ1n) is 10.1. The molecule has 1 fully saturated rings. The second-order valence-corrected chi connectivity index (χ2v) is 8.45. The van der Waals surface area contributed by atoms with Gasteiger partial charge in [-0.05, 0) is 62.3 Å². The molecule has 2 aliphatic rings. The number of aromatic nitrogens is 3. The van der Waals surface area contributed by atoms with Crippen LogP contribution in [0, 0.1) is 0 Å². The van der Waals surface area contributed by atoms with Crippen molar-refractivity contribution in [2.75, 3.05) is 0 Å². The number of nitrogens with zero attached hydrogens (tertiary/aromatic N) is 2. The summed E-state index contributed by atoms with van der Waals surface area (Å²) in [5.41, 5.74) is 3.47. The molecule has 0 saturated heterocycles. The summed E-state index contributed by atoms with van der Waals surface area (Å²) in [5.74, 6) is 0.484. The number of pyridine rings is 1. The summed E-state index contributed by atoms with van der Waals surface area (Å²) in [7, 11) is 0. The standard InChI is InChI=1S/C22H24N4O3/c1-12(2)23-21(29)22(10-11-22)20-24-19-16(7-9-18(28)26(19)25-20)13-4-3-5-15-14(13)6-8-17(15)27/h3-5,7,9,12,17,27H,6,8,10-11H2,1-2H3,(H,23,29)(H,24,25). The van der Waals surface area contributed by atoms with E-state index in [4.69, 9.17) is 4.98 Å². The molecule has 1 unspecified atom stereocenters. The maximum atomic E-state index is 12.8. The number of hydrogen-bond donors (Lipinski definition) is 3. The summed E-state index contributed by atoms with van der Waals surface area (Å²) in [6.45, 7) is 3.86. The van der Waals surface area contributed by atoms with Crippen molar-refractivity contribution in [2.45, 2.75) is 57.1 Å². The Labute approximate surface area is 167 Å². The predicted octanol–water partition coefficient (Wildman–Crippen LogP) is 2.23. The van der Waals surface area contributed by atoms with E-state index in [1.165, 1.54) is 10.6 Å². The van der Waals surface area contributed by atoms with Gasteiger partial charge in [0, 0.05) is 17.7 Å². The highest BCUT2D eigenvalue weighted by Gasteiger charge is 2.54. The van der Waals surface area contributed by atoms with E-state index in [0.29, 0.717) is 30.7 Å². The van der Waals surface area contributed by atoms with Crippen molar-refractivity contribution >= 4 is 11.6 Å². The normalized spacial score (nSPS) is 19.5. The third kappa shape index (κ3) is 2.72. The Balaban J connectivity index is 1.66. The fraction of sp³-hybridized carbons (Fsp3) is 0.409. The van der Waals surface area contributed by atoms with Gasteiger partial charge in [-0.25, -0.2) is 4.98 Å². The Kier molecular flexibility index (Phi) is 3.93. The Morgan fingerprint density at radius 1 is 1.28 bits per heavy atom. The van der Waals surface area contributed by atoms with Gasteiger partial charge in [0.2, 0.25) is 5.91 Å². The van der Waals surface area contributed by atoms with Gasteiger partial charge in [-0.1, -0.05) is 18.2 Å². The van der Waals surface area contributed by atoms with E-state index in [9.17, 15) is 14.7 Å². The molecule has 0 aliphatic heterocycles. The van der Waals surface area contributed by atoms with Crippen LogP contribution < -0.4 is 10.9 Å². The van der Waals surface area contributed by atoms with Crippen molar-refractivity contribution in [1.29, 1.82) is 0 Å². The van der Waals surface area contributed by atoms with Gasteiger partial charge in [-0.2, -0.15) is 4.52 Å². The molecule has 1 saturated carbocycles. The van der Waals surface area contributed by atoms with E-state index in [-0.39, 0.29) is 17.5 Å². The van der Waals surface area contributed by atoms with Crippen LogP contribution in [0.25, 0.3) is 16.8 Å². The Bertz CT molecular complexity index is 1190. The average Bonchev–Trinajstić information content (AvgIpc) is 3.23. The zero-order valence-corrected chi connectivity index (χ0v) is 16.5. The molecule has 29 heavy (non-hydrogen) atoms. The second kappa shape index (κ2) is 6.29. The van der Waals surface area contributed by atoms with Gasteiger partial charge in [-0.15, -0.1) is 0 Å². The molecule has 0 bridgehead atoms. The molecule has 3 aromatic rings. The molecule has 2 aliphatic carbocycles. The molecule has 5 rings (SSSR count). The van der Waals surface area contributed by atoms with Gasteiger partial charge >= 0.3 is 0 Å². The van der Waals surface area contributed by atoms with Crippen LogP contribution in [-0.2, 0) is 16.6 Å². The minimum atomic E-state index is -0.686. The number of carbonyl (C=O) groups is 1. The zero-order chi connectivity index (χ0) is 20.3. The van der Waals surface area contributed by atoms with Gasteiger partial charge in [0.15, 0.2) is 5.65 Å². The van der Waals surface area contributed by atoms with E-state index in [0.717, 1.165) is 28.7 Å². The van der Waals surface area contributed by atoms with E-state index >= 15 is 0 Å². The predicted molar refractivity (Wildman–Crippen MR) is 109 cm³/mol. The molecule has 7 heteroatoms. The van der Waals surface area contributed by atoms with Crippen LogP contribution in [0.5, 0.6) is 0 Å². The molecule has 0 radical (unpaired) electrons. The average molecular weight is 392 g/mol. The summed E-state index contributed by atoms with van der Waals surface area (Å²) in [4.78, 5) is 30.0. The fourth-order valence-corrected chi connectivity index (χ4v) is 4.39. The van der Waals surface area contributed by atoms with Crippen molar-refractivity contribution in [2.24, 2.45) is 0 Å². The number of aliphatic hydroxyl groups excluding tert-OH is 1. The van der Waals surface area contributed by atoms with Crippen LogP contribution in [0.15, 0.2) is 35.1 Å². The highest BCUT2D eigenvalue weighted by atomic mass is 16.3. The molecule has 2 aromatic heterocycles. The van der Waals surface area contributed by atoms with E-state index < -0.39 is 11.5 Å². The highest BCUT2D eigenvalue weighted by molar-refractivity contribution is 5.91. The van der Waals surface area contributed by atoms with Crippen LogP contribution in [0.1, 0.15) is 56.2 Å². The van der Waals surface area contributed by atoms with E-state index in [2.05, 4.69) is 10.4 Å².